The van der Waals surface area contributed by atoms with Crippen molar-refractivity contribution in [3.63, 3.8) is 0 Å². The van der Waals surface area contributed by atoms with Crippen LogP contribution in [0.4, 0.5) is 0 Å². The first kappa shape index (κ1) is 16.8. The SMILES string of the molecule is CC(C)NCC(C)(Cc1ccc(Cl)c(Cl)c1)C(C)C. The molecule has 0 amide bonds. The highest BCUT2D eigenvalue weighted by atomic mass is 35.5. The summed E-state index contributed by atoms with van der Waals surface area (Å²) >= 11 is 12.1. The van der Waals surface area contributed by atoms with E-state index < -0.39 is 0 Å². The van der Waals surface area contributed by atoms with Gasteiger partial charge in [0.25, 0.3) is 0 Å². The number of hydrogen-bond donors (Lipinski definition) is 1. The van der Waals surface area contributed by atoms with Crippen LogP contribution in [0.2, 0.25) is 10.0 Å². The lowest BCUT2D eigenvalue weighted by molar-refractivity contribution is 0.202. The monoisotopic (exact) mass is 301 g/mol. The predicted octanol–water partition coefficient (Wildman–Crippen LogP) is 5.20. The van der Waals surface area contributed by atoms with Gasteiger partial charge in [-0.2, -0.15) is 0 Å². The van der Waals surface area contributed by atoms with Gasteiger partial charge in [-0.3, -0.25) is 0 Å². The molecule has 0 aliphatic heterocycles. The molecule has 3 heteroatoms. The Hall–Kier alpha value is -0.240. The summed E-state index contributed by atoms with van der Waals surface area (Å²) in [7, 11) is 0. The third-order valence-electron chi connectivity index (χ3n) is 3.90. The molecule has 0 heterocycles. The number of nitrogens with one attached hydrogen (secondary N) is 1. The highest BCUT2D eigenvalue weighted by Gasteiger charge is 2.28. The zero-order valence-electron chi connectivity index (χ0n) is 12.6. The molecule has 0 spiro atoms. The third kappa shape index (κ3) is 4.98. The number of rotatable bonds is 6. The lowest BCUT2D eigenvalue weighted by atomic mass is 9.74. The van der Waals surface area contributed by atoms with Crippen molar-refractivity contribution in [2.24, 2.45) is 11.3 Å². The second-order valence-corrected chi connectivity index (χ2v) is 7.08. The topological polar surface area (TPSA) is 12.0 Å². The molecule has 0 saturated carbocycles. The Labute approximate surface area is 127 Å². The van der Waals surface area contributed by atoms with Crippen molar-refractivity contribution in [3.05, 3.63) is 33.8 Å². The maximum atomic E-state index is 6.10. The summed E-state index contributed by atoms with van der Waals surface area (Å²) in [6, 6.07) is 6.45. The van der Waals surface area contributed by atoms with Crippen molar-refractivity contribution in [1.82, 2.24) is 5.32 Å². The van der Waals surface area contributed by atoms with E-state index in [9.17, 15) is 0 Å². The summed E-state index contributed by atoms with van der Waals surface area (Å²) in [6.07, 6.45) is 1.00. The number of benzene rings is 1. The molecule has 1 aromatic rings. The van der Waals surface area contributed by atoms with Crippen LogP contribution in [-0.4, -0.2) is 12.6 Å². The van der Waals surface area contributed by atoms with Crippen LogP contribution in [0.15, 0.2) is 18.2 Å². The first-order valence-corrected chi connectivity index (χ1v) is 7.67. The summed E-state index contributed by atoms with van der Waals surface area (Å²) < 4.78 is 0. The fourth-order valence-electron chi connectivity index (χ4n) is 2.02. The largest absolute Gasteiger partial charge is 0.314 e. The van der Waals surface area contributed by atoms with E-state index >= 15 is 0 Å². The van der Waals surface area contributed by atoms with Gasteiger partial charge in [0.2, 0.25) is 0 Å². The van der Waals surface area contributed by atoms with E-state index in [0.29, 0.717) is 22.0 Å². The molecule has 0 fully saturated rings. The molecule has 0 radical (unpaired) electrons. The molecule has 0 aliphatic carbocycles. The van der Waals surface area contributed by atoms with Crippen molar-refractivity contribution in [2.45, 2.75) is 47.1 Å². The molecule has 0 aliphatic rings. The quantitative estimate of drug-likeness (QED) is 0.762. The molecule has 1 nitrogen and oxygen atoms in total. The van der Waals surface area contributed by atoms with Gasteiger partial charge in [0.1, 0.15) is 0 Å². The molecule has 1 atom stereocenters. The summed E-state index contributed by atoms with van der Waals surface area (Å²) in [5.74, 6) is 0.591. The molecule has 108 valence electrons. The van der Waals surface area contributed by atoms with Gasteiger partial charge >= 0.3 is 0 Å². The van der Waals surface area contributed by atoms with E-state index in [2.05, 4.69) is 46.0 Å². The van der Waals surface area contributed by atoms with Crippen LogP contribution in [0.25, 0.3) is 0 Å². The first-order valence-electron chi connectivity index (χ1n) is 6.92. The molecule has 1 N–H and O–H groups in total. The predicted molar refractivity (Wildman–Crippen MR) is 86.2 cm³/mol. The Kier molecular flexibility index (Phi) is 6.16. The smallest absolute Gasteiger partial charge is 0.0595 e. The van der Waals surface area contributed by atoms with Crippen molar-refractivity contribution in [1.29, 1.82) is 0 Å². The van der Waals surface area contributed by atoms with Gasteiger partial charge in [0.05, 0.1) is 10.0 Å². The Balaban J connectivity index is 2.85. The second-order valence-electron chi connectivity index (χ2n) is 6.27. The van der Waals surface area contributed by atoms with Crippen LogP contribution >= 0.6 is 23.2 Å². The standard InChI is InChI=1S/C16H25Cl2N/c1-11(2)16(5,10-19-12(3)4)9-13-6-7-14(17)15(18)8-13/h6-8,11-12,19H,9-10H2,1-5H3. The van der Waals surface area contributed by atoms with E-state index in [0.717, 1.165) is 13.0 Å². The Morgan fingerprint density at radius 2 is 1.74 bits per heavy atom. The third-order valence-corrected chi connectivity index (χ3v) is 4.64. The summed E-state index contributed by atoms with van der Waals surface area (Å²) in [5.41, 5.74) is 1.46. The van der Waals surface area contributed by atoms with Crippen LogP contribution in [-0.2, 0) is 6.42 Å². The minimum atomic E-state index is 0.210. The average molecular weight is 302 g/mol. The normalized spacial score (nSPS) is 15.0. The van der Waals surface area contributed by atoms with Gasteiger partial charge in [-0.05, 0) is 35.4 Å². The van der Waals surface area contributed by atoms with E-state index in [1.54, 1.807) is 0 Å². The van der Waals surface area contributed by atoms with E-state index in [-0.39, 0.29) is 5.41 Å². The summed E-state index contributed by atoms with van der Waals surface area (Å²) in [6.45, 7) is 12.2. The first-order chi connectivity index (χ1) is 8.74. The lowest BCUT2D eigenvalue weighted by Crippen LogP contribution is -2.40. The zero-order valence-corrected chi connectivity index (χ0v) is 14.1. The lowest BCUT2D eigenvalue weighted by Gasteiger charge is -2.35. The summed E-state index contributed by atoms with van der Waals surface area (Å²) in [5, 5.41) is 4.82. The van der Waals surface area contributed by atoms with Crippen LogP contribution in [0.3, 0.4) is 0 Å². The van der Waals surface area contributed by atoms with Crippen LogP contribution in [0.5, 0.6) is 0 Å². The van der Waals surface area contributed by atoms with Gasteiger partial charge in [0, 0.05) is 12.6 Å². The molecule has 1 aromatic carbocycles. The van der Waals surface area contributed by atoms with E-state index in [1.807, 2.05) is 12.1 Å². The molecule has 19 heavy (non-hydrogen) atoms. The minimum Gasteiger partial charge on any atom is -0.314 e. The molecular weight excluding hydrogens is 277 g/mol. The highest BCUT2D eigenvalue weighted by molar-refractivity contribution is 6.42. The zero-order chi connectivity index (χ0) is 14.6. The maximum absolute atomic E-state index is 6.10. The van der Waals surface area contributed by atoms with Gasteiger partial charge < -0.3 is 5.32 Å². The van der Waals surface area contributed by atoms with Gasteiger partial charge in [-0.25, -0.2) is 0 Å². The molecule has 1 rings (SSSR count). The maximum Gasteiger partial charge on any atom is 0.0595 e. The molecule has 1 unspecified atom stereocenters. The average Bonchev–Trinajstić information content (AvgIpc) is 2.31. The van der Waals surface area contributed by atoms with Crippen LogP contribution < -0.4 is 5.32 Å². The summed E-state index contributed by atoms with van der Waals surface area (Å²) in [4.78, 5) is 0. The Bertz CT molecular complexity index is 415. The van der Waals surface area contributed by atoms with Crippen LogP contribution in [0.1, 0.15) is 40.2 Å². The van der Waals surface area contributed by atoms with Crippen molar-refractivity contribution >= 4 is 23.2 Å². The molecular formula is C16H25Cl2N. The molecule has 0 bridgehead atoms. The van der Waals surface area contributed by atoms with Gasteiger partial charge in [0.15, 0.2) is 0 Å². The van der Waals surface area contributed by atoms with Gasteiger partial charge in [-0.15, -0.1) is 0 Å². The van der Waals surface area contributed by atoms with Crippen molar-refractivity contribution in [3.8, 4) is 0 Å². The van der Waals surface area contributed by atoms with E-state index in [4.69, 9.17) is 23.2 Å². The van der Waals surface area contributed by atoms with Crippen molar-refractivity contribution in [2.75, 3.05) is 6.54 Å². The second kappa shape index (κ2) is 6.97. The fraction of sp³-hybridized carbons (Fsp3) is 0.625. The number of halogens is 2. The van der Waals surface area contributed by atoms with E-state index in [1.165, 1.54) is 5.56 Å². The molecule has 0 saturated heterocycles. The Morgan fingerprint density at radius 3 is 2.21 bits per heavy atom. The fourth-order valence-corrected chi connectivity index (χ4v) is 2.34. The Morgan fingerprint density at radius 1 is 1.11 bits per heavy atom. The van der Waals surface area contributed by atoms with Gasteiger partial charge in [-0.1, -0.05) is 63.9 Å². The number of hydrogen-bond acceptors (Lipinski definition) is 1. The molecule has 0 aromatic heterocycles. The minimum absolute atomic E-state index is 0.210. The van der Waals surface area contributed by atoms with Crippen LogP contribution in [0, 0.1) is 11.3 Å². The highest BCUT2D eigenvalue weighted by Crippen LogP contribution is 2.33. The van der Waals surface area contributed by atoms with Crippen molar-refractivity contribution < 1.29 is 0 Å².